The summed E-state index contributed by atoms with van der Waals surface area (Å²) in [7, 11) is 1.31. The van der Waals surface area contributed by atoms with Crippen LogP contribution in [0.1, 0.15) is 41.0 Å². The van der Waals surface area contributed by atoms with E-state index in [1.165, 1.54) is 27.9 Å². The van der Waals surface area contributed by atoms with Crippen molar-refractivity contribution < 1.29 is 38.7 Å². The molecule has 9 heteroatoms. The first kappa shape index (κ1) is 24.5. The van der Waals surface area contributed by atoms with Crippen LogP contribution in [0.4, 0.5) is 0 Å². The molecule has 0 aromatic heterocycles. The minimum Gasteiger partial charge on any atom is -0.632 e. The lowest BCUT2D eigenvalue weighted by Gasteiger charge is -2.41. The van der Waals surface area contributed by atoms with Crippen molar-refractivity contribution in [2.24, 2.45) is 0 Å². The Labute approximate surface area is 177 Å². The Balaban J connectivity index is 2.14. The normalized spacial score (nSPS) is 29.6. The maximum Gasteiger partial charge on any atom is 0.344 e. The summed E-state index contributed by atoms with van der Waals surface area (Å²) >= 11 is 0. The average Bonchev–Trinajstić information content (AvgIpc) is 3.18. The second kappa shape index (κ2) is 8.76. The molecule has 170 valence electrons. The van der Waals surface area contributed by atoms with Crippen molar-refractivity contribution in [3.05, 3.63) is 28.5 Å². The zero-order chi connectivity index (χ0) is 22.9. The number of hydrogen-bond acceptors (Lipinski definition) is 8. The van der Waals surface area contributed by atoms with E-state index in [4.69, 9.17) is 14.2 Å². The number of nitrogens with zero attached hydrogens (tertiary/aromatic N) is 1. The van der Waals surface area contributed by atoms with Gasteiger partial charge in [-0.3, -0.25) is 0 Å². The van der Waals surface area contributed by atoms with Crippen LogP contribution in [0.2, 0.25) is 0 Å². The number of carbonyl (C=O) groups is 2. The van der Waals surface area contributed by atoms with Crippen LogP contribution < -0.4 is 0 Å². The molecule has 9 nitrogen and oxygen atoms in total. The third-order valence-corrected chi connectivity index (χ3v) is 6.26. The molecule has 2 aliphatic rings. The summed E-state index contributed by atoms with van der Waals surface area (Å²) in [6.45, 7) is 7.62. The Morgan fingerprint density at radius 3 is 2.57 bits per heavy atom. The molecular weight excluding hydrogens is 394 g/mol. The quantitative estimate of drug-likeness (QED) is 0.193. The van der Waals surface area contributed by atoms with Crippen molar-refractivity contribution in [2.45, 2.75) is 70.5 Å². The Hall–Kier alpha value is -1.78. The Morgan fingerprint density at radius 2 is 2.03 bits per heavy atom. The molecule has 0 aliphatic carbocycles. The van der Waals surface area contributed by atoms with Gasteiger partial charge in [0.1, 0.15) is 12.2 Å². The predicted molar refractivity (Wildman–Crippen MR) is 108 cm³/mol. The van der Waals surface area contributed by atoms with Gasteiger partial charge < -0.3 is 34.3 Å². The van der Waals surface area contributed by atoms with Gasteiger partial charge in [0.2, 0.25) is 5.60 Å². The standard InChI is InChI=1S/C21H33NO8/c1-7-13(2)18(23)30-16-9-11-22(27)10-8-15(17(16)22)12-29-19(24)21(26,14(3)28-6)20(4,5)25/h7-8,14,16-17,25-26H,9-12H2,1-6H3. The average molecular weight is 427 g/mol. The van der Waals surface area contributed by atoms with E-state index in [0.717, 1.165) is 0 Å². The highest BCUT2D eigenvalue weighted by atomic mass is 16.6. The van der Waals surface area contributed by atoms with Gasteiger partial charge in [-0.1, -0.05) is 6.08 Å². The van der Waals surface area contributed by atoms with Gasteiger partial charge in [-0.15, -0.1) is 0 Å². The van der Waals surface area contributed by atoms with Crippen LogP contribution in [-0.2, 0) is 23.8 Å². The van der Waals surface area contributed by atoms with Crippen LogP contribution in [0.3, 0.4) is 0 Å². The molecule has 0 amide bonds. The van der Waals surface area contributed by atoms with Gasteiger partial charge in [0.05, 0.1) is 19.2 Å². The van der Waals surface area contributed by atoms with E-state index in [9.17, 15) is 25.0 Å². The van der Waals surface area contributed by atoms with E-state index in [2.05, 4.69) is 0 Å². The van der Waals surface area contributed by atoms with Crippen molar-refractivity contribution in [3.63, 3.8) is 0 Å². The van der Waals surface area contributed by atoms with Crippen LogP contribution in [-0.4, -0.2) is 83.1 Å². The fraction of sp³-hybridized carbons (Fsp3) is 0.714. The van der Waals surface area contributed by atoms with E-state index in [-0.39, 0.29) is 13.2 Å². The number of methoxy groups -OCH3 is 1. The Kier molecular flexibility index (Phi) is 7.15. The summed E-state index contributed by atoms with van der Waals surface area (Å²) < 4.78 is 15.4. The number of esters is 2. The van der Waals surface area contributed by atoms with Gasteiger partial charge in [0.15, 0.2) is 12.1 Å². The van der Waals surface area contributed by atoms with Crippen molar-refractivity contribution in [1.82, 2.24) is 0 Å². The van der Waals surface area contributed by atoms with Gasteiger partial charge in [-0.2, -0.15) is 0 Å². The van der Waals surface area contributed by atoms with Crippen LogP contribution in [0.25, 0.3) is 0 Å². The minimum absolute atomic E-state index is 0.193. The van der Waals surface area contributed by atoms with Crippen molar-refractivity contribution >= 4 is 11.9 Å². The van der Waals surface area contributed by atoms with Gasteiger partial charge in [0.25, 0.3) is 0 Å². The lowest BCUT2D eigenvalue weighted by Crippen LogP contribution is -2.63. The number of allylic oxidation sites excluding steroid dienone is 1. The second-order valence-electron chi connectivity index (χ2n) is 8.57. The number of hydroxylamine groups is 3. The molecule has 5 atom stereocenters. The summed E-state index contributed by atoms with van der Waals surface area (Å²) in [4.78, 5) is 24.9. The molecule has 0 aromatic rings. The lowest BCUT2D eigenvalue weighted by atomic mass is 9.81. The highest BCUT2D eigenvalue weighted by Crippen LogP contribution is 2.38. The maximum absolute atomic E-state index is 13.1. The SMILES string of the molecule is CC=C(C)C(=O)OC1CC[N+]2([O-])CC=C(COC(=O)C(O)(C(C)OC)C(C)(C)O)C12. The van der Waals surface area contributed by atoms with Gasteiger partial charge in [-0.25, -0.2) is 9.59 Å². The molecule has 2 rings (SSSR count). The van der Waals surface area contributed by atoms with Crippen molar-refractivity contribution in [1.29, 1.82) is 0 Å². The number of aliphatic hydroxyl groups is 2. The van der Waals surface area contributed by atoms with Crippen LogP contribution in [0, 0.1) is 5.21 Å². The van der Waals surface area contributed by atoms with E-state index in [1.54, 1.807) is 26.0 Å². The van der Waals surface area contributed by atoms with Gasteiger partial charge in [-0.05, 0) is 40.7 Å². The number of quaternary nitrogens is 1. The van der Waals surface area contributed by atoms with Crippen LogP contribution in [0.5, 0.6) is 0 Å². The summed E-state index contributed by atoms with van der Waals surface area (Å²) in [6, 6.07) is -0.665. The number of rotatable bonds is 8. The summed E-state index contributed by atoms with van der Waals surface area (Å²) in [6.07, 6.45) is 2.08. The molecule has 2 N–H and O–H groups in total. The highest BCUT2D eigenvalue weighted by Gasteiger charge is 2.56. The van der Waals surface area contributed by atoms with E-state index in [0.29, 0.717) is 24.1 Å². The van der Waals surface area contributed by atoms with Crippen LogP contribution >= 0.6 is 0 Å². The van der Waals surface area contributed by atoms with E-state index >= 15 is 0 Å². The zero-order valence-electron chi connectivity index (χ0n) is 18.5. The summed E-state index contributed by atoms with van der Waals surface area (Å²) in [5.74, 6) is -1.54. The fourth-order valence-electron chi connectivity index (χ4n) is 4.04. The number of ether oxygens (including phenoxy) is 3. The smallest absolute Gasteiger partial charge is 0.344 e. The largest absolute Gasteiger partial charge is 0.632 e. The van der Waals surface area contributed by atoms with Crippen molar-refractivity contribution in [2.75, 3.05) is 26.8 Å². The predicted octanol–water partition coefficient (Wildman–Crippen LogP) is 0.971. The molecule has 1 saturated heterocycles. The summed E-state index contributed by atoms with van der Waals surface area (Å²) in [5.41, 5.74) is -3.16. The number of fused-ring (bicyclic) bond motifs is 1. The Bertz CT molecular complexity index is 740. The molecule has 0 spiro atoms. The van der Waals surface area contributed by atoms with Gasteiger partial charge >= 0.3 is 11.9 Å². The molecule has 2 aliphatic heterocycles. The van der Waals surface area contributed by atoms with E-state index in [1.807, 2.05) is 0 Å². The van der Waals surface area contributed by atoms with Crippen LogP contribution in [0.15, 0.2) is 23.3 Å². The first-order valence-electron chi connectivity index (χ1n) is 10.1. The monoisotopic (exact) mass is 427 g/mol. The molecule has 30 heavy (non-hydrogen) atoms. The summed E-state index contributed by atoms with van der Waals surface area (Å²) in [5, 5.41) is 34.3. The fourth-order valence-corrected chi connectivity index (χ4v) is 4.04. The third kappa shape index (κ3) is 4.31. The molecular formula is C21H33NO8. The second-order valence-corrected chi connectivity index (χ2v) is 8.57. The lowest BCUT2D eigenvalue weighted by molar-refractivity contribution is -0.877. The molecule has 5 unspecified atom stereocenters. The Morgan fingerprint density at radius 1 is 1.40 bits per heavy atom. The maximum atomic E-state index is 13.1. The van der Waals surface area contributed by atoms with Gasteiger partial charge in [0, 0.05) is 24.7 Å². The molecule has 1 fully saturated rings. The molecule has 0 bridgehead atoms. The third-order valence-electron chi connectivity index (χ3n) is 6.26. The topological polar surface area (TPSA) is 125 Å². The first-order chi connectivity index (χ1) is 13.8. The van der Waals surface area contributed by atoms with E-state index < -0.39 is 46.0 Å². The molecule has 0 saturated carbocycles. The minimum atomic E-state index is -2.31. The molecule has 2 heterocycles. The molecule has 0 aromatic carbocycles. The van der Waals surface area contributed by atoms with Crippen molar-refractivity contribution in [3.8, 4) is 0 Å². The first-order valence-corrected chi connectivity index (χ1v) is 10.1. The zero-order valence-corrected chi connectivity index (χ0v) is 18.5. The highest BCUT2D eigenvalue weighted by molar-refractivity contribution is 5.87. The molecule has 0 radical (unpaired) electrons. The number of carbonyl (C=O) groups excluding carboxylic acids is 2. The number of hydrogen-bond donors (Lipinski definition) is 2.